The molecule has 120 valence electrons. The van der Waals surface area contributed by atoms with E-state index >= 15 is 0 Å². The minimum Gasteiger partial charge on any atom is -0.550 e. The minimum absolute atomic E-state index is 0.0590. The minimum atomic E-state index is -1.03. The lowest BCUT2D eigenvalue weighted by molar-refractivity contribution is -0.312. The zero-order chi connectivity index (χ0) is 16.3. The number of likely N-dealkylation sites (tertiary alicyclic amines) is 1. The third-order valence-corrected chi connectivity index (χ3v) is 4.55. The van der Waals surface area contributed by atoms with Crippen molar-refractivity contribution in [1.82, 2.24) is 4.90 Å². The zero-order valence-electron chi connectivity index (χ0n) is 12.7. The van der Waals surface area contributed by atoms with Crippen LogP contribution < -0.4 is 9.84 Å². The molecule has 0 aromatic heterocycles. The Morgan fingerprint density at radius 1 is 1.27 bits per heavy atom. The van der Waals surface area contributed by atoms with Crippen LogP contribution in [0.4, 0.5) is 0 Å². The van der Waals surface area contributed by atoms with Gasteiger partial charge in [0.15, 0.2) is 6.61 Å². The van der Waals surface area contributed by atoms with Gasteiger partial charge in [0.2, 0.25) is 0 Å². The van der Waals surface area contributed by atoms with Crippen LogP contribution in [0, 0.1) is 19.8 Å². The zero-order valence-corrected chi connectivity index (χ0v) is 13.5. The summed E-state index contributed by atoms with van der Waals surface area (Å²) in [5.41, 5.74) is 1.80. The second-order valence-corrected chi connectivity index (χ2v) is 6.01. The van der Waals surface area contributed by atoms with Crippen LogP contribution in [0.25, 0.3) is 0 Å². The van der Waals surface area contributed by atoms with Gasteiger partial charge in [-0.1, -0.05) is 11.6 Å². The van der Waals surface area contributed by atoms with Crippen molar-refractivity contribution in [2.75, 3.05) is 19.7 Å². The second kappa shape index (κ2) is 7.01. The number of halogens is 1. The van der Waals surface area contributed by atoms with Gasteiger partial charge in [0.1, 0.15) is 5.75 Å². The van der Waals surface area contributed by atoms with Gasteiger partial charge in [-0.2, -0.15) is 0 Å². The molecular weight excluding hydrogens is 306 g/mol. The molecule has 1 aromatic carbocycles. The lowest BCUT2D eigenvalue weighted by atomic mass is 9.97. The number of ether oxygens (including phenoxy) is 1. The first kappa shape index (κ1) is 16.6. The normalized spacial score (nSPS) is 15.7. The highest BCUT2D eigenvalue weighted by Crippen LogP contribution is 2.26. The Bertz CT molecular complexity index is 557. The molecule has 0 unspecified atom stereocenters. The molecule has 6 heteroatoms. The number of carboxylic acids is 1. The van der Waals surface area contributed by atoms with E-state index < -0.39 is 11.9 Å². The molecule has 1 aromatic rings. The summed E-state index contributed by atoms with van der Waals surface area (Å²) in [6.45, 7) is 4.57. The monoisotopic (exact) mass is 324 g/mol. The van der Waals surface area contributed by atoms with Crippen LogP contribution in [0.3, 0.4) is 0 Å². The molecule has 1 aliphatic rings. The molecule has 0 bridgehead atoms. The topological polar surface area (TPSA) is 69.7 Å². The smallest absolute Gasteiger partial charge is 0.260 e. The molecule has 0 N–H and O–H groups in total. The van der Waals surface area contributed by atoms with Crippen molar-refractivity contribution in [3.8, 4) is 5.75 Å². The first-order valence-electron chi connectivity index (χ1n) is 7.26. The number of hydrogen-bond acceptors (Lipinski definition) is 4. The summed E-state index contributed by atoms with van der Waals surface area (Å²) in [5, 5.41) is 11.5. The lowest BCUT2D eigenvalue weighted by Gasteiger charge is -2.32. The number of rotatable bonds is 4. The van der Waals surface area contributed by atoms with E-state index in [2.05, 4.69) is 0 Å². The Morgan fingerprint density at radius 2 is 1.82 bits per heavy atom. The van der Waals surface area contributed by atoms with E-state index in [9.17, 15) is 14.7 Å². The largest absolute Gasteiger partial charge is 0.550 e. The van der Waals surface area contributed by atoms with Crippen LogP contribution in [-0.4, -0.2) is 36.5 Å². The number of aryl methyl sites for hydroxylation is 2. The number of amides is 1. The number of benzene rings is 1. The Labute approximate surface area is 134 Å². The number of nitrogens with zero attached hydrogens (tertiary/aromatic N) is 1. The van der Waals surface area contributed by atoms with E-state index in [1.54, 1.807) is 17.0 Å². The molecule has 0 aliphatic carbocycles. The predicted octanol–water partition coefficient (Wildman–Crippen LogP) is 1.32. The highest BCUT2D eigenvalue weighted by Gasteiger charge is 2.23. The van der Waals surface area contributed by atoms with Crippen molar-refractivity contribution in [1.29, 1.82) is 0 Å². The van der Waals surface area contributed by atoms with Crippen LogP contribution in [0.5, 0.6) is 5.75 Å². The third-order valence-electron chi connectivity index (χ3n) is 3.95. The molecular formula is C16H19ClNO4-. The molecule has 0 radical (unpaired) electrons. The van der Waals surface area contributed by atoms with Gasteiger partial charge in [-0.05, 0) is 49.9 Å². The standard InChI is InChI=1S/C16H20ClNO4/c1-10-7-13(8-11(2)15(10)17)22-9-14(19)18-5-3-12(4-6-18)16(20)21/h7-8,12H,3-6,9H2,1-2H3,(H,20,21)/p-1. The molecule has 0 saturated carbocycles. The summed E-state index contributed by atoms with van der Waals surface area (Å²) < 4.78 is 5.53. The van der Waals surface area contributed by atoms with Crippen molar-refractivity contribution >= 4 is 23.5 Å². The highest BCUT2D eigenvalue weighted by molar-refractivity contribution is 6.32. The maximum absolute atomic E-state index is 12.1. The van der Waals surface area contributed by atoms with Gasteiger partial charge in [0, 0.05) is 30.0 Å². The van der Waals surface area contributed by atoms with Gasteiger partial charge < -0.3 is 19.5 Å². The van der Waals surface area contributed by atoms with Gasteiger partial charge >= 0.3 is 0 Å². The molecule has 0 spiro atoms. The Hall–Kier alpha value is -1.75. The molecule has 5 nitrogen and oxygen atoms in total. The number of carbonyl (C=O) groups excluding carboxylic acids is 2. The van der Waals surface area contributed by atoms with Crippen LogP contribution in [-0.2, 0) is 9.59 Å². The summed E-state index contributed by atoms with van der Waals surface area (Å²) in [5.74, 6) is -1.01. The average molecular weight is 325 g/mol. The Kier molecular flexibility index (Phi) is 5.29. The second-order valence-electron chi connectivity index (χ2n) is 5.63. The number of hydrogen-bond donors (Lipinski definition) is 0. The van der Waals surface area contributed by atoms with Crippen molar-refractivity contribution in [3.63, 3.8) is 0 Å². The first-order valence-corrected chi connectivity index (χ1v) is 7.64. The summed E-state index contributed by atoms with van der Waals surface area (Å²) in [6.07, 6.45) is 0.875. The van der Waals surface area contributed by atoms with E-state index in [0.29, 0.717) is 36.7 Å². The van der Waals surface area contributed by atoms with Gasteiger partial charge in [-0.3, -0.25) is 4.79 Å². The molecule has 0 atom stereocenters. The van der Waals surface area contributed by atoms with Gasteiger partial charge in [0.25, 0.3) is 5.91 Å². The Balaban J connectivity index is 1.87. The summed E-state index contributed by atoms with van der Waals surface area (Å²) in [4.78, 5) is 24.5. The van der Waals surface area contributed by atoms with Crippen LogP contribution in [0.2, 0.25) is 5.02 Å². The Morgan fingerprint density at radius 3 is 2.32 bits per heavy atom. The molecule has 22 heavy (non-hydrogen) atoms. The maximum Gasteiger partial charge on any atom is 0.260 e. The third kappa shape index (κ3) is 3.91. The first-order chi connectivity index (χ1) is 10.4. The maximum atomic E-state index is 12.1. The summed E-state index contributed by atoms with van der Waals surface area (Å²) in [6, 6.07) is 3.59. The fourth-order valence-corrected chi connectivity index (χ4v) is 2.70. The van der Waals surface area contributed by atoms with Crippen molar-refractivity contribution in [3.05, 3.63) is 28.3 Å². The van der Waals surface area contributed by atoms with Gasteiger partial charge in [-0.15, -0.1) is 0 Å². The highest BCUT2D eigenvalue weighted by atomic mass is 35.5. The summed E-state index contributed by atoms with van der Waals surface area (Å²) in [7, 11) is 0. The number of carboxylic acid groups (broad SMARTS) is 1. The van der Waals surface area contributed by atoms with E-state index in [-0.39, 0.29) is 12.5 Å². The van der Waals surface area contributed by atoms with E-state index in [0.717, 1.165) is 11.1 Å². The van der Waals surface area contributed by atoms with Crippen LogP contribution in [0.15, 0.2) is 12.1 Å². The fraction of sp³-hybridized carbons (Fsp3) is 0.500. The van der Waals surface area contributed by atoms with E-state index in [4.69, 9.17) is 16.3 Å². The summed E-state index contributed by atoms with van der Waals surface area (Å²) >= 11 is 6.09. The quantitative estimate of drug-likeness (QED) is 0.837. The van der Waals surface area contributed by atoms with Crippen LogP contribution in [0.1, 0.15) is 24.0 Å². The van der Waals surface area contributed by atoms with Crippen molar-refractivity contribution < 1.29 is 19.4 Å². The van der Waals surface area contributed by atoms with E-state index in [1.165, 1.54) is 0 Å². The number of carbonyl (C=O) groups is 2. The molecule has 1 heterocycles. The predicted molar refractivity (Wildman–Crippen MR) is 80.7 cm³/mol. The molecule has 2 rings (SSSR count). The SMILES string of the molecule is Cc1cc(OCC(=O)N2CCC(C(=O)[O-])CC2)cc(C)c1Cl. The number of piperidine rings is 1. The molecule has 1 amide bonds. The molecule has 1 aliphatic heterocycles. The van der Waals surface area contributed by atoms with Crippen LogP contribution >= 0.6 is 11.6 Å². The average Bonchev–Trinajstić information content (AvgIpc) is 2.50. The lowest BCUT2D eigenvalue weighted by Crippen LogP contribution is -2.45. The van der Waals surface area contributed by atoms with Crippen molar-refractivity contribution in [2.24, 2.45) is 5.92 Å². The van der Waals surface area contributed by atoms with Gasteiger partial charge in [0.05, 0.1) is 0 Å². The molecule has 1 saturated heterocycles. The molecule has 1 fully saturated rings. The fourth-order valence-electron chi connectivity index (χ4n) is 2.59. The van der Waals surface area contributed by atoms with E-state index in [1.807, 2.05) is 13.8 Å². The van der Waals surface area contributed by atoms with Gasteiger partial charge in [-0.25, -0.2) is 0 Å². The number of aliphatic carboxylic acids is 1. The van der Waals surface area contributed by atoms with Crippen molar-refractivity contribution in [2.45, 2.75) is 26.7 Å².